The molecule has 1 heterocycles. The van der Waals surface area contributed by atoms with Gasteiger partial charge in [0.15, 0.2) is 0 Å². The van der Waals surface area contributed by atoms with Gasteiger partial charge in [-0.25, -0.2) is 8.42 Å². The number of hydrogen-bond donors (Lipinski definition) is 2. The minimum absolute atomic E-state index is 0.0155. The van der Waals surface area contributed by atoms with Gasteiger partial charge in [-0.3, -0.25) is 9.52 Å². The van der Waals surface area contributed by atoms with E-state index in [1.54, 1.807) is 42.2 Å². The van der Waals surface area contributed by atoms with E-state index in [0.29, 0.717) is 18.9 Å². The fraction of sp³-hybridized carbons (Fsp3) is 0.581. The van der Waals surface area contributed by atoms with Crippen molar-refractivity contribution in [1.29, 1.82) is 0 Å². The van der Waals surface area contributed by atoms with Gasteiger partial charge < -0.3 is 24.4 Å². The Labute approximate surface area is 245 Å². The van der Waals surface area contributed by atoms with Crippen molar-refractivity contribution in [3.8, 4) is 5.75 Å². The van der Waals surface area contributed by atoms with Crippen LogP contribution in [-0.4, -0.2) is 87.4 Å². The van der Waals surface area contributed by atoms with Crippen LogP contribution in [0.2, 0.25) is 0 Å². The van der Waals surface area contributed by atoms with Gasteiger partial charge in [0.25, 0.3) is 15.9 Å². The first-order chi connectivity index (χ1) is 19.6. The average molecular weight is 590 g/mol. The topological polar surface area (TPSA) is 108 Å². The first kappa shape index (κ1) is 32.8. The smallest absolute Gasteiger partial charge is 0.261 e. The number of carbonyl (C=O) groups is 1. The zero-order chi connectivity index (χ0) is 30.0. The molecule has 2 aromatic rings. The molecular formula is C31H47N3O6S. The van der Waals surface area contributed by atoms with Crippen molar-refractivity contribution in [2.24, 2.45) is 5.92 Å². The molecule has 0 aliphatic carbocycles. The van der Waals surface area contributed by atoms with Crippen LogP contribution in [0.25, 0.3) is 0 Å². The molecule has 0 saturated heterocycles. The number of ether oxygens (including phenoxy) is 2. The number of sulfonamides is 1. The maximum absolute atomic E-state index is 14.2. The molecule has 41 heavy (non-hydrogen) atoms. The zero-order valence-corrected chi connectivity index (χ0v) is 25.9. The first-order valence-corrected chi connectivity index (χ1v) is 16.1. The van der Waals surface area contributed by atoms with Gasteiger partial charge in [0.05, 0.1) is 35.3 Å². The number of amides is 1. The molecular weight excluding hydrogens is 542 g/mol. The molecule has 2 aromatic carbocycles. The summed E-state index contributed by atoms with van der Waals surface area (Å²) in [5.41, 5.74) is 0.501. The molecule has 10 heteroatoms. The number of fused-ring (bicyclic) bond motifs is 1. The lowest BCUT2D eigenvalue weighted by Gasteiger charge is -2.35. The maximum atomic E-state index is 14.2. The predicted octanol–water partition coefficient (Wildman–Crippen LogP) is 4.62. The van der Waals surface area contributed by atoms with Crippen LogP contribution in [0, 0.1) is 5.92 Å². The van der Waals surface area contributed by atoms with Crippen LogP contribution in [-0.2, 0) is 14.8 Å². The molecule has 3 rings (SSSR count). The number of rotatable bonds is 9. The number of aliphatic hydroxyl groups is 1. The summed E-state index contributed by atoms with van der Waals surface area (Å²) in [6.07, 6.45) is 3.38. The van der Waals surface area contributed by atoms with Crippen LogP contribution in [0.1, 0.15) is 63.7 Å². The number of anilines is 1. The number of benzene rings is 2. The maximum Gasteiger partial charge on any atom is 0.261 e. The van der Waals surface area contributed by atoms with Crippen molar-refractivity contribution in [1.82, 2.24) is 9.80 Å². The van der Waals surface area contributed by atoms with Gasteiger partial charge in [0.2, 0.25) is 0 Å². The fourth-order valence-electron chi connectivity index (χ4n) is 5.04. The number of aliphatic hydroxyl groups excluding tert-OH is 1. The molecule has 0 saturated carbocycles. The number of likely N-dealkylation sites (N-methyl/N-ethyl adjacent to an activating group) is 1. The third kappa shape index (κ3) is 9.43. The van der Waals surface area contributed by atoms with Crippen molar-refractivity contribution in [2.45, 2.75) is 76.5 Å². The summed E-state index contributed by atoms with van der Waals surface area (Å²) in [5.74, 6) is 0.0397. The largest absolute Gasteiger partial charge is 0.490 e. The Bertz CT molecular complexity index is 1210. The highest BCUT2D eigenvalue weighted by molar-refractivity contribution is 7.92. The second-order valence-electron chi connectivity index (χ2n) is 11.2. The molecule has 2 N–H and O–H groups in total. The fourth-order valence-corrected chi connectivity index (χ4v) is 6.11. The van der Waals surface area contributed by atoms with Gasteiger partial charge in [0, 0.05) is 31.3 Å². The lowest BCUT2D eigenvalue weighted by molar-refractivity contribution is -0.0167. The third-order valence-corrected chi connectivity index (χ3v) is 8.85. The van der Waals surface area contributed by atoms with Crippen molar-refractivity contribution in [2.75, 3.05) is 44.6 Å². The Kier molecular flexibility index (Phi) is 12.4. The van der Waals surface area contributed by atoms with Crippen molar-refractivity contribution < 1.29 is 27.8 Å². The van der Waals surface area contributed by atoms with Gasteiger partial charge in [-0.05, 0) is 83.5 Å². The van der Waals surface area contributed by atoms with Crippen LogP contribution >= 0.6 is 0 Å². The lowest BCUT2D eigenvalue weighted by atomic mass is 10.0. The van der Waals surface area contributed by atoms with E-state index in [9.17, 15) is 18.3 Å². The number of carbonyl (C=O) groups excluding carboxylic acids is 1. The van der Waals surface area contributed by atoms with Crippen molar-refractivity contribution in [3.63, 3.8) is 0 Å². The van der Waals surface area contributed by atoms with E-state index < -0.39 is 16.1 Å². The Hall–Kier alpha value is -2.66. The molecule has 228 valence electrons. The number of nitrogens with zero attached hydrogens (tertiary/aromatic N) is 2. The molecule has 1 amide bonds. The van der Waals surface area contributed by atoms with E-state index in [4.69, 9.17) is 9.47 Å². The van der Waals surface area contributed by atoms with Crippen molar-refractivity contribution in [3.05, 3.63) is 54.1 Å². The standard InChI is InChI=1S/C31H47N3O6S/c1-6-17-33(5)21-30-23(2)20-34(24(3)22-35)31(36)28-19-26(32-41(37,38)27-13-8-7-9-14-27)15-16-29(28)40-25(4)12-10-11-18-39-30/h7-9,13-16,19,23-25,30,32,35H,6,10-12,17-18,20-22H2,1-5H3/t23-,24+,25-,30-/m1/s1. The molecule has 0 unspecified atom stereocenters. The van der Waals surface area contributed by atoms with Crippen LogP contribution in [0.3, 0.4) is 0 Å². The molecule has 0 aromatic heterocycles. The van der Waals surface area contributed by atoms with Crippen LogP contribution in [0.5, 0.6) is 5.75 Å². The van der Waals surface area contributed by atoms with E-state index in [1.165, 1.54) is 18.2 Å². The summed E-state index contributed by atoms with van der Waals surface area (Å²) in [6, 6.07) is 12.4. The third-order valence-electron chi connectivity index (χ3n) is 7.45. The summed E-state index contributed by atoms with van der Waals surface area (Å²) in [4.78, 5) is 18.2. The van der Waals surface area contributed by atoms with Crippen LogP contribution in [0.4, 0.5) is 5.69 Å². The van der Waals surface area contributed by atoms with Crippen LogP contribution < -0.4 is 9.46 Å². The second kappa shape index (κ2) is 15.5. The first-order valence-electron chi connectivity index (χ1n) is 14.7. The van der Waals surface area contributed by atoms with E-state index in [-0.39, 0.29) is 46.8 Å². The molecule has 1 aliphatic rings. The SMILES string of the molecule is CCCN(C)C[C@H]1OCCCC[C@@H](C)Oc2ccc(NS(=O)(=O)c3ccccc3)cc2C(=O)N([C@@H](C)CO)C[C@H]1C. The summed E-state index contributed by atoms with van der Waals surface area (Å²) in [6.45, 7) is 10.5. The molecule has 0 fully saturated rings. The minimum Gasteiger partial charge on any atom is -0.490 e. The molecule has 9 nitrogen and oxygen atoms in total. The molecule has 1 aliphatic heterocycles. The molecule has 0 bridgehead atoms. The van der Waals surface area contributed by atoms with Gasteiger partial charge in [-0.1, -0.05) is 32.0 Å². The summed E-state index contributed by atoms with van der Waals surface area (Å²) in [5, 5.41) is 10.1. The predicted molar refractivity (Wildman–Crippen MR) is 162 cm³/mol. The Morgan fingerprint density at radius 2 is 1.88 bits per heavy atom. The highest BCUT2D eigenvalue weighted by Gasteiger charge is 2.30. The van der Waals surface area contributed by atoms with E-state index >= 15 is 0 Å². The zero-order valence-electron chi connectivity index (χ0n) is 25.1. The summed E-state index contributed by atoms with van der Waals surface area (Å²) in [7, 11) is -1.78. The van der Waals surface area contributed by atoms with E-state index in [1.807, 2.05) is 6.92 Å². The van der Waals surface area contributed by atoms with Gasteiger partial charge >= 0.3 is 0 Å². The Morgan fingerprint density at radius 3 is 2.56 bits per heavy atom. The van der Waals surface area contributed by atoms with Gasteiger partial charge in [0.1, 0.15) is 5.75 Å². The minimum atomic E-state index is -3.86. The van der Waals surface area contributed by atoms with Gasteiger partial charge in [-0.15, -0.1) is 0 Å². The summed E-state index contributed by atoms with van der Waals surface area (Å²) < 4.78 is 41.3. The molecule has 0 radical (unpaired) electrons. The second-order valence-corrected chi connectivity index (χ2v) is 12.9. The van der Waals surface area contributed by atoms with Crippen molar-refractivity contribution >= 4 is 21.6 Å². The lowest BCUT2D eigenvalue weighted by Crippen LogP contribution is -2.47. The Morgan fingerprint density at radius 1 is 1.15 bits per heavy atom. The average Bonchev–Trinajstić information content (AvgIpc) is 2.95. The van der Waals surface area contributed by atoms with Gasteiger partial charge in [-0.2, -0.15) is 0 Å². The van der Waals surface area contributed by atoms with E-state index in [2.05, 4.69) is 30.5 Å². The monoisotopic (exact) mass is 589 g/mol. The van der Waals surface area contributed by atoms with Crippen LogP contribution in [0.15, 0.2) is 53.4 Å². The quantitative estimate of drug-likeness (QED) is 0.439. The van der Waals surface area contributed by atoms with E-state index in [0.717, 1.165) is 38.8 Å². The summed E-state index contributed by atoms with van der Waals surface area (Å²) >= 11 is 0. The highest BCUT2D eigenvalue weighted by Crippen LogP contribution is 2.29. The Balaban J connectivity index is 2.00. The number of hydrogen-bond acceptors (Lipinski definition) is 7. The molecule has 4 atom stereocenters. The normalized spacial score (nSPS) is 22.0. The highest BCUT2D eigenvalue weighted by atomic mass is 32.2. The molecule has 0 spiro atoms. The number of nitrogens with one attached hydrogen (secondary N) is 1.